The van der Waals surface area contributed by atoms with Crippen LogP contribution in [0.1, 0.15) is 36.9 Å². The number of carbonyl (C=O) groups excluding carboxylic acids is 1. The van der Waals surface area contributed by atoms with Crippen molar-refractivity contribution in [3.8, 4) is 0 Å². The van der Waals surface area contributed by atoms with Crippen LogP contribution in [-0.4, -0.2) is 5.91 Å². The zero-order valence-electron chi connectivity index (χ0n) is 11.2. The fraction of sp³-hybridized carbons (Fsp3) is 0.312. The van der Waals surface area contributed by atoms with Gasteiger partial charge in [0.15, 0.2) is 0 Å². The lowest BCUT2D eigenvalue weighted by molar-refractivity contribution is -0.117. The molecule has 1 atom stereocenters. The number of rotatable bonds is 3. The number of allylic oxidation sites excluding steroid dienone is 3. The molecular formula is C16H20N2O. The van der Waals surface area contributed by atoms with Gasteiger partial charge in [0, 0.05) is 11.8 Å². The van der Waals surface area contributed by atoms with Crippen LogP contribution in [-0.2, 0) is 11.2 Å². The normalized spacial score (nSPS) is 18.7. The Labute approximate surface area is 114 Å². The van der Waals surface area contributed by atoms with Gasteiger partial charge in [-0.3, -0.25) is 4.79 Å². The molecular weight excluding hydrogens is 236 g/mol. The second-order valence-corrected chi connectivity index (χ2v) is 4.80. The number of amides is 1. The van der Waals surface area contributed by atoms with Crippen LogP contribution in [0.3, 0.4) is 0 Å². The number of benzene rings is 1. The Kier molecular flexibility index (Phi) is 4.39. The van der Waals surface area contributed by atoms with Gasteiger partial charge in [0.1, 0.15) is 0 Å². The number of hydrogen-bond donors (Lipinski definition) is 2. The minimum atomic E-state index is -0.0484. The maximum absolute atomic E-state index is 11.8. The van der Waals surface area contributed by atoms with Crippen molar-refractivity contribution in [2.75, 3.05) is 5.73 Å². The minimum absolute atomic E-state index is 0.0484. The van der Waals surface area contributed by atoms with E-state index >= 15 is 0 Å². The van der Waals surface area contributed by atoms with Crippen molar-refractivity contribution in [2.24, 2.45) is 0 Å². The molecule has 19 heavy (non-hydrogen) atoms. The molecule has 1 aromatic carbocycles. The van der Waals surface area contributed by atoms with Gasteiger partial charge in [-0.25, -0.2) is 0 Å². The molecule has 0 aliphatic heterocycles. The van der Waals surface area contributed by atoms with Gasteiger partial charge in [-0.15, -0.1) is 0 Å². The lowest BCUT2D eigenvalue weighted by atomic mass is 9.87. The van der Waals surface area contributed by atoms with Crippen molar-refractivity contribution in [3.05, 3.63) is 53.6 Å². The Morgan fingerprint density at radius 1 is 1.42 bits per heavy atom. The van der Waals surface area contributed by atoms with Crippen LogP contribution < -0.4 is 11.1 Å². The monoisotopic (exact) mass is 256 g/mol. The quantitative estimate of drug-likeness (QED) is 0.496. The van der Waals surface area contributed by atoms with Crippen molar-refractivity contribution in [1.29, 1.82) is 0 Å². The molecule has 2 rings (SSSR count). The number of carbonyl (C=O) groups is 1. The average molecular weight is 256 g/mol. The zero-order valence-corrected chi connectivity index (χ0v) is 11.2. The molecule has 1 aromatic rings. The summed E-state index contributed by atoms with van der Waals surface area (Å²) in [7, 11) is 0. The fourth-order valence-corrected chi connectivity index (χ4v) is 2.46. The Hall–Kier alpha value is -2.03. The SMILES string of the molecule is CC=CC=CC(=O)NC1CCCc2cc(N)ccc21. The first-order valence-electron chi connectivity index (χ1n) is 6.69. The van der Waals surface area contributed by atoms with Gasteiger partial charge in [0.2, 0.25) is 5.91 Å². The second-order valence-electron chi connectivity index (χ2n) is 4.80. The van der Waals surface area contributed by atoms with Crippen LogP contribution in [0.15, 0.2) is 42.5 Å². The lowest BCUT2D eigenvalue weighted by Gasteiger charge is -2.26. The van der Waals surface area contributed by atoms with E-state index < -0.39 is 0 Å². The van der Waals surface area contributed by atoms with Crippen molar-refractivity contribution in [2.45, 2.75) is 32.2 Å². The predicted molar refractivity (Wildman–Crippen MR) is 78.6 cm³/mol. The number of nitrogens with two attached hydrogens (primary N) is 1. The molecule has 0 fully saturated rings. The summed E-state index contributed by atoms with van der Waals surface area (Å²) in [6, 6.07) is 6.05. The van der Waals surface area contributed by atoms with E-state index in [0.717, 1.165) is 24.9 Å². The van der Waals surface area contributed by atoms with Gasteiger partial charge in [0.05, 0.1) is 6.04 Å². The first-order chi connectivity index (χ1) is 9.20. The van der Waals surface area contributed by atoms with Crippen LogP contribution in [0.2, 0.25) is 0 Å². The summed E-state index contributed by atoms with van der Waals surface area (Å²) in [5.41, 5.74) is 9.05. The third-order valence-electron chi connectivity index (χ3n) is 3.35. The topological polar surface area (TPSA) is 55.1 Å². The van der Waals surface area contributed by atoms with Gasteiger partial charge in [-0.05, 0) is 49.4 Å². The smallest absolute Gasteiger partial charge is 0.244 e. The van der Waals surface area contributed by atoms with E-state index in [-0.39, 0.29) is 11.9 Å². The van der Waals surface area contributed by atoms with Crippen molar-refractivity contribution in [3.63, 3.8) is 0 Å². The van der Waals surface area contributed by atoms with Gasteiger partial charge in [-0.1, -0.05) is 24.3 Å². The fourth-order valence-electron chi connectivity index (χ4n) is 2.46. The minimum Gasteiger partial charge on any atom is -0.399 e. The number of hydrogen-bond acceptors (Lipinski definition) is 2. The Bertz CT molecular complexity index is 517. The van der Waals surface area contributed by atoms with Gasteiger partial charge < -0.3 is 11.1 Å². The average Bonchev–Trinajstić information content (AvgIpc) is 2.39. The van der Waals surface area contributed by atoms with Crippen molar-refractivity contribution < 1.29 is 4.79 Å². The maximum Gasteiger partial charge on any atom is 0.244 e. The summed E-state index contributed by atoms with van der Waals surface area (Å²) in [5, 5.41) is 3.05. The lowest BCUT2D eigenvalue weighted by Crippen LogP contribution is -2.29. The molecule has 3 N–H and O–H groups in total. The Morgan fingerprint density at radius 3 is 3.05 bits per heavy atom. The first kappa shape index (κ1) is 13.4. The van der Waals surface area contributed by atoms with Crippen LogP contribution in [0.4, 0.5) is 5.69 Å². The number of aryl methyl sites for hydroxylation is 1. The highest BCUT2D eigenvalue weighted by atomic mass is 16.1. The standard InChI is InChI=1S/C16H20N2O/c1-2-3-4-8-16(19)18-15-7-5-6-12-11-13(17)9-10-14(12)15/h2-4,8-11,15H,5-7,17H2,1H3,(H,18,19). The molecule has 3 heteroatoms. The maximum atomic E-state index is 11.8. The molecule has 3 nitrogen and oxygen atoms in total. The predicted octanol–water partition coefficient (Wildman–Crippen LogP) is 2.89. The third kappa shape index (κ3) is 3.47. The van der Waals surface area contributed by atoms with Crippen molar-refractivity contribution >= 4 is 11.6 Å². The van der Waals surface area contributed by atoms with E-state index in [1.807, 2.05) is 37.3 Å². The molecule has 1 unspecified atom stereocenters. The number of nitrogens with one attached hydrogen (secondary N) is 1. The van der Waals surface area contributed by atoms with E-state index in [1.165, 1.54) is 11.1 Å². The van der Waals surface area contributed by atoms with Crippen LogP contribution in [0, 0.1) is 0 Å². The summed E-state index contributed by atoms with van der Waals surface area (Å²) in [4.78, 5) is 11.8. The van der Waals surface area contributed by atoms with Gasteiger partial charge >= 0.3 is 0 Å². The molecule has 1 aliphatic carbocycles. The van der Waals surface area contributed by atoms with E-state index in [1.54, 1.807) is 12.2 Å². The van der Waals surface area contributed by atoms with Gasteiger partial charge in [-0.2, -0.15) is 0 Å². The Balaban J connectivity index is 2.09. The molecule has 100 valence electrons. The highest BCUT2D eigenvalue weighted by Gasteiger charge is 2.20. The molecule has 0 spiro atoms. The van der Waals surface area contributed by atoms with Crippen LogP contribution >= 0.6 is 0 Å². The number of nitrogen functional groups attached to an aromatic ring is 1. The highest BCUT2D eigenvalue weighted by Crippen LogP contribution is 2.30. The molecule has 0 saturated carbocycles. The molecule has 0 bridgehead atoms. The molecule has 1 amide bonds. The van der Waals surface area contributed by atoms with Crippen LogP contribution in [0.25, 0.3) is 0 Å². The summed E-state index contributed by atoms with van der Waals surface area (Å²) in [6.07, 6.45) is 10.2. The van der Waals surface area contributed by atoms with Crippen LogP contribution in [0.5, 0.6) is 0 Å². The molecule has 1 aliphatic rings. The molecule has 0 heterocycles. The number of anilines is 1. The van der Waals surface area contributed by atoms with E-state index in [9.17, 15) is 4.79 Å². The third-order valence-corrected chi connectivity index (χ3v) is 3.35. The van der Waals surface area contributed by atoms with E-state index in [4.69, 9.17) is 5.73 Å². The second kappa shape index (κ2) is 6.23. The molecule has 0 aromatic heterocycles. The molecule has 0 radical (unpaired) electrons. The van der Waals surface area contributed by atoms with E-state index in [2.05, 4.69) is 5.32 Å². The summed E-state index contributed by atoms with van der Waals surface area (Å²) < 4.78 is 0. The molecule has 0 saturated heterocycles. The highest BCUT2D eigenvalue weighted by molar-refractivity contribution is 5.88. The Morgan fingerprint density at radius 2 is 2.26 bits per heavy atom. The van der Waals surface area contributed by atoms with Crippen molar-refractivity contribution in [1.82, 2.24) is 5.32 Å². The van der Waals surface area contributed by atoms with E-state index in [0.29, 0.717) is 0 Å². The summed E-state index contributed by atoms with van der Waals surface area (Å²) in [5.74, 6) is -0.0484. The summed E-state index contributed by atoms with van der Waals surface area (Å²) in [6.45, 7) is 1.92. The summed E-state index contributed by atoms with van der Waals surface area (Å²) >= 11 is 0. The van der Waals surface area contributed by atoms with Gasteiger partial charge in [0.25, 0.3) is 0 Å². The largest absolute Gasteiger partial charge is 0.399 e. The zero-order chi connectivity index (χ0) is 13.7. The first-order valence-corrected chi connectivity index (χ1v) is 6.69. The number of fused-ring (bicyclic) bond motifs is 1.